The van der Waals surface area contributed by atoms with Crippen LogP contribution in [-0.2, 0) is 13.0 Å². The largest absolute Gasteiger partial charge is 0.299 e. The molecule has 0 aliphatic carbocycles. The SMILES string of the molecule is CCCCCCCCCc1ccc(CN2CCCC2)cc1. The summed E-state index contributed by atoms with van der Waals surface area (Å²) in [5.41, 5.74) is 3.01. The first-order valence-corrected chi connectivity index (χ1v) is 9.18. The van der Waals surface area contributed by atoms with E-state index in [-0.39, 0.29) is 0 Å². The monoisotopic (exact) mass is 287 g/mol. The van der Waals surface area contributed by atoms with Crippen LogP contribution in [0.2, 0.25) is 0 Å². The van der Waals surface area contributed by atoms with Gasteiger partial charge in [0.1, 0.15) is 0 Å². The smallest absolute Gasteiger partial charge is 0.0233 e. The van der Waals surface area contributed by atoms with Gasteiger partial charge in [0.15, 0.2) is 0 Å². The highest BCUT2D eigenvalue weighted by Gasteiger charge is 2.11. The number of aryl methyl sites for hydroxylation is 1. The van der Waals surface area contributed by atoms with E-state index in [0.717, 1.165) is 6.54 Å². The van der Waals surface area contributed by atoms with Gasteiger partial charge in [0, 0.05) is 6.54 Å². The van der Waals surface area contributed by atoms with Crippen LogP contribution in [0.1, 0.15) is 75.8 Å². The van der Waals surface area contributed by atoms with E-state index in [1.807, 2.05) is 0 Å². The first kappa shape index (κ1) is 16.5. The molecule has 0 aromatic heterocycles. The molecule has 0 atom stereocenters. The van der Waals surface area contributed by atoms with Gasteiger partial charge in [-0.15, -0.1) is 0 Å². The Morgan fingerprint density at radius 2 is 1.33 bits per heavy atom. The van der Waals surface area contributed by atoms with Crippen molar-refractivity contribution in [2.24, 2.45) is 0 Å². The number of likely N-dealkylation sites (tertiary alicyclic amines) is 1. The van der Waals surface area contributed by atoms with Gasteiger partial charge in [-0.3, -0.25) is 4.90 Å². The summed E-state index contributed by atoms with van der Waals surface area (Å²) in [7, 11) is 0. The van der Waals surface area contributed by atoms with Crippen molar-refractivity contribution >= 4 is 0 Å². The molecular formula is C20H33N. The van der Waals surface area contributed by atoms with Crippen molar-refractivity contribution in [3.63, 3.8) is 0 Å². The summed E-state index contributed by atoms with van der Waals surface area (Å²) in [5, 5.41) is 0. The Morgan fingerprint density at radius 1 is 0.762 bits per heavy atom. The maximum absolute atomic E-state index is 2.57. The summed E-state index contributed by atoms with van der Waals surface area (Å²) in [5.74, 6) is 0. The number of rotatable bonds is 10. The normalized spacial score (nSPS) is 15.7. The van der Waals surface area contributed by atoms with Crippen molar-refractivity contribution < 1.29 is 0 Å². The van der Waals surface area contributed by atoms with Gasteiger partial charge in [-0.25, -0.2) is 0 Å². The van der Waals surface area contributed by atoms with Crippen LogP contribution >= 0.6 is 0 Å². The van der Waals surface area contributed by atoms with Crippen molar-refractivity contribution in [2.45, 2.75) is 77.7 Å². The minimum atomic E-state index is 1.15. The Labute approximate surface area is 131 Å². The molecule has 0 spiro atoms. The van der Waals surface area contributed by atoms with Gasteiger partial charge in [0.2, 0.25) is 0 Å². The van der Waals surface area contributed by atoms with Crippen molar-refractivity contribution in [3.05, 3.63) is 35.4 Å². The zero-order chi connectivity index (χ0) is 14.8. The molecule has 1 saturated heterocycles. The standard InChI is InChI=1S/C20H33N/c1-2-3-4-5-6-7-8-11-19-12-14-20(15-13-19)18-21-16-9-10-17-21/h12-15H,2-11,16-18H2,1H3. The van der Waals surface area contributed by atoms with E-state index in [4.69, 9.17) is 0 Å². The molecule has 1 aromatic rings. The van der Waals surface area contributed by atoms with E-state index in [2.05, 4.69) is 36.1 Å². The fourth-order valence-corrected chi connectivity index (χ4v) is 3.30. The second-order valence-corrected chi connectivity index (χ2v) is 6.67. The van der Waals surface area contributed by atoms with Crippen molar-refractivity contribution in [3.8, 4) is 0 Å². The van der Waals surface area contributed by atoms with Crippen LogP contribution in [0.15, 0.2) is 24.3 Å². The molecule has 1 fully saturated rings. The van der Waals surface area contributed by atoms with E-state index < -0.39 is 0 Å². The van der Waals surface area contributed by atoms with Crippen LogP contribution in [-0.4, -0.2) is 18.0 Å². The average Bonchev–Trinajstić information content (AvgIpc) is 3.01. The van der Waals surface area contributed by atoms with Crippen molar-refractivity contribution in [1.82, 2.24) is 4.90 Å². The molecule has 0 amide bonds. The van der Waals surface area contributed by atoms with Gasteiger partial charge >= 0.3 is 0 Å². The molecule has 1 heteroatoms. The molecule has 1 aliphatic heterocycles. The summed E-state index contributed by atoms with van der Waals surface area (Å²) in [6.45, 7) is 6.02. The molecule has 0 bridgehead atoms. The molecule has 1 aliphatic rings. The van der Waals surface area contributed by atoms with E-state index >= 15 is 0 Å². The predicted octanol–water partition coefficient (Wildman–Crippen LogP) is 5.58. The average molecular weight is 287 g/mol. The number of nitrogens with zero attached hydrogens (tertiary/aromatic N) is 1. The molecule has 2 rings (SSSR count). The van der Waals surface area contributed by atoms with Gasteiger partial charge in [-0.2, -0.15) is 0 Å². The maximum atomic E-state index is 2.57. The van der Waals surface area contributed by atoms with Gasteiger partial charge in [-0.1, -0.05) is 69.7 Å². The molecule has 0 saturated carbocycles. The number of benzene rings is 1. The number of hydrogen-bond acceptors (Lipinski definition) is 1. The van der Waals surface area contributed by atoms with E-state index in [9.17, 15) is 0 Å². The van der Waals surface area contributed by atoms with Gasteiger partial charge < -0.3 is 0 Å². The molecule has 0 N–H and O–H groups in total. The van der Waals surface area contributed by atoms with Crippen LogP contribution in [0, 0.1) is 0 Å². The van der Waals surface area contributed by atoms with E-state index in [0.29, 0.717) is 0 Å². The fraction of sp³-hybridized carbons (Fsp3) is 0.700. The van der Waals surface area contributed by atoms with Crippen molar-refractivity contribution in [2.75, 3.05) is 13.1 Å². The van der Waals surface area contributed by atoms with E-state index in [1.54, 1.807) is 0 Å². The third kappa shape index (κ3) is 6.65. The first-order chi connectivity index (χ1) is 10.4. The molecule has 1 heterocycles. The Kier molecular flexibility index (Phi) is 7.88. The Bertz CT molecular complexity index is 362. The van der Waals surface area contributed by atoms with Gasteiger partial charge in [-0.05, 0) is 49.9 Å². The summed E-state index contributed by atoms with van der Waals surface area (Å²) in [6, 6.07) is 9.38. The van der Waals surface area contributed by atoms with Gasteiger partial charge in [0.05, 0.1) is 0 Å². The zero-order valence-corrected chi connectivity index (χ0v) is 13.9. The van der Waals surface area contributed by atoms with Crippen LogP contribution in [0.25, 0.3) is 0 Å². The zero-order valence-electron chi connectivity index (χ0n) is 13.9. The number of unbranched alkanes of at least 4 members (excludes halogenated alkanes) is 6. The lowest BCUT2D eigenvalue weighted by Crippen LogP contribution is -2.18. The summed E-state index contributed by atoms with van der Waals surface area (Å²) >= 11 is 0. The Morgan fingerprint density at radius 3 is 2.00 bits per heavy atom. The predicted molar refractivity (Wildman–Crippen MR) is 92.7 cm³/mol. The minimum absolute atomic E-state index is 1.15. The fourth-order valence-electron chi connectivity index (χ4n) is 3.30. The Balaban J connectivity index is 1.58. The molecule has 0 unspecified atom stereocenters. The lowest BCUT2D eigenvalue weighted by molar-refractivity contribution is 0.331. The maximum Gasteiger partial charge on any atom is 0.0233 e. The third-order valence-electron chi connectivity index (χ3n) is 4.70. The molecule has 1 nitrogen and oxygen atoms in total. The highest BCUT2D eigenvalue weighted by molar-refractivity contribution is 5.22. The third-order valence-corrected chi connectivity index (χ3v) is 4.70. The summed E-state index contributed by atoms with van der Waals surface area (Å²) < 4.78 is 0. The lowest BCUT2D eigenvalue weighted by atomic mass is 10.0. The Hall–Kier alpha value is -0.820. The van der Waals surface area contributed by atoms with Crippen LogP contribution < -0.4 is 0 Å². The van der Waals surface area contributed by atoms with E-state index in [1.165, 1.54) is 88.4 Å². The second kappa shape index (κ2) is 10.00. The second-order valence-electron chi connectivity index (χ2n) is 6.67. The quantitative estimate of drug-likeness (QED) is 0.508. The molecular weight excluding hydrogens is 254 g/mol. The van der Waals surface area contributed by atoms with Crippen molar-refractivity contribution in [1.29, 1.82) is 0 Å². The minimum Gasteiger partial charge on any atom is -0.299 e. The number of hydrogen-bond donors (Lipinski definition) is 0. The first-order valence-electron chi connectivity index (χ1n) is 9.18. The highest BCUT2D eigenvalue weighted by atomic mass is 15.1. The molecule has 21 heavy (non-hydrogen) atoms. The summed E-state index contributed by atoms with van der Waals surface area (Å²) in [4.78, 5) is 2.57. The molecule has 118 valence electrons. The van der Waals surface area contributed by atoms with Crippen LogP contribution in [0.4, 0.5) is 0 Å². The van der Waals surface area contributed by atoms with Crippen LogP contribution in [0.5, 0.6) is 0 Å². The lowest BCUT2D eigenvalue weighted by Gasteiger charge is -2.14. The topological polar surface area (TPSA) is 3.24 Å². The summed E-state index contributed by atoms with van der Waals surface area (Å²) in [6.07, 6.45) is 13.8. The molecule has 1 aromatic carbocycles. The molecule has 0 radical (unpaired) electrons. The van der Waals surface area contributed by atoms with Gasteiger partial charge in [0.25, 0.3) is 0 Å². The highest BCUT2D eigenvalue weighted by Crippen LogP contribution is 2.15. The van der Waals surface area contributed by atoms with Crippen LogP contribution in [0.3, 0.4) is 0 Å².